The van der Waals surface area contributed by atoms with Crippen molar-refractivity contribution in [2.45, 2.75) is 53.4 Å². The van der Waals surface area contributed by atoms with Gasteiger partial charge < -0.3 is 9.47 Å². The summed E-state index contributed by atoms with van der Waals surface area (Å²) in [5.74, 6) is 0.370. The highest BCUT2D eigenvalue weighted by molar-refractivity contribution is 6.32. The van der Waals surface area contributed by atoms with E-state index in [9.17, 15) is 9.59 Å². The van der Waals surface area contributed by atoms with Crippen LogP contribution in [0, 0.1) is 11.8 Å². The van der Waals surface area contributed by atoms with Crippen LogP contribution in [0.4, 0.5) is 0 Å². The van der Waals surface area contributed by atoms with Crippen LogP contribution in [-0.4, -0.2) is 11.9 Å². The van der Waals surface area contributed by atoms with Crippen molar-refractivity contribution in [2.24, 2.45) is 11.8 Å². The molecule has 0 saturated carbocycles. The molecule has 1 aromatic rings. The first-order chi connectivity index (χ1) is 10.8. The summed E-state index contributed by atoms with van der Waals surface area (Å²) in [5, 5.41) is 0.247. The Balaban J connectivity index is 2.75. The van der Waals surface area contributed by atoms with Gasteiger partial charge in [0.15, 0.2) is 11.5 Å². The highest BCUT2D eigenvalue weighted by Gasteiger charge is 2.17. The lowest BCUT2D eigenvalue weighted by Crippen LogP contribution is -2.13. The molecular formula is C18H25ClO4. The van der Waals surface area contributed by atoms with E-state index in [1.165, 1.54) is 0 Å². The second-order valence-electron chi connectivity index (χ2n) is 6.38. The summed E-state index contributed by atoms with van der Waals surface area (Å²) in [6.45, 7) is 8.14. The van der Waals surface area contributed by atoms with Gasteiger partial charge in [-0.05, 0) is 36.8 Å². The number of hydrogen-bond acceptors (Lipinski definition) is 4. The van der Waals surface area contributed by atoms with E-state index < -0.39 is 0 Å². The Bertz CT molecular complexity index is 538. The van der Waals surface area contributed by atoms with Crippen molar-refractivity contribution >= 4 is 23.5 Å². The number of carbonyl (C=O) groups is 2. The second-order valence-corrected chi connectivity index (χ2v) is 6.79. The molecule has 0 aromatic heterocycles. The van der Waals surface area contributed by atoms with Gasteiger partial charge in [0.2, 0.25) is 0 Å². The number of ether oxygens (including phenoxy) is 2. The Morgan fingerprint density at radius 2 is 1.48 bits per heavy atom. The molecule has 0 aliphatic carbocycles. The highest BCUT2D eigenvalue weighted by Crippen LogP contribution is 2.35. The SMILES string of the molecule is CC(C)CCC(=O)Oc1cccc(Cl)c1OC(=O)CCC(C)C. The van der Waals surface area contributed by atoms with Crippen molar-refractivity contribution in [2.75, 3.05) is 0 Å². The van der Waals surface area contributed by atoms with E-state index in [2.05, 4.69) is 0 Å². The monoisotopic (exact) mass is 340 g/mol. The molecule has 4 nitrogen and oxygen atoms in total. The standard InChI is InChI=1S/C18H25ClO4/c1-12(2)8-10-16(20)22-15-7-5-6-14(19)18(15)23-17(21)11-9-13(3)4/h5-7,12-13H,8-11H2,1-4H3. The molecule has 5 heteroatoms. The van der Waals surface area contributed by atoms with Gasteiger partial charge >= 0.3 is 11.9 Å². The minimum atomic E-state index is -0.383. The van der Waals surface area contributed by atoms with Crippen LogP contribution in [-0.2, 0) is 9.59 Å². The van der Waals surface area contributed by atoms with E-state index >= 15 is 0 Å². The average molecular weight is 341 g/mol. The van der Waals surface area contributed by atoms with Gasteiger partial charge in [-0.25, -0.2) is 0 Å². The van der Waals surface area contributed by atoms with Crippen LogP contribution in [0.5, 0.6) is 11.5 Å². The lowest BCUT2D eigenvalue weighted by Gasteiger charge is -2.12. The first-order valence-electron chi connectivity index (χ1n) is 7.99. The van der Waals surface area contributed by atoms with Gasteiger partial charge in [-0.1, -0.05) is 45.4 Å². The zero-order chi connectivity index (χ0) is 17.4. The first-order valence-corrected chi connectivity index (χ1v) is 8.37. The molecule has 1 aromatic carbocycles. The molecule has 1 rings (SSSR count). The number of benzene rings is 1. The van der Waals surface area contributed by atoms with Gasteiger partial charge in [0.25, 0.3) is 0 Å². The summed E-state index contributed by atoms with van der Waals surface area (Å²) in [7, 11) is 0. The van der Waals surface area contributed by atoms with E-state index in [4.69, 9.17) is 21.1 Å². The van der Waals surface area contributed by atoms with Gasteiger partial charge in [-0.3, -0.25) is 9.59 Å². The molecule has 0 saturated heterocycles. The summed E-state index contributed by atoms with van der Waals surface area (Å²) >= 11 is 6.08. The lowest BCUT2D eigenvalue weighted by molar-refractivity contribution is -0.137. The third kappa shape index (κ3) is 7.51. The Kier molecular flexibility index (Phi) is 8.10. The quantitative estimate of drug-likeness (QED) is 0.492. The van der Waals surface area contributed by atoms with E-state index in [1.54, 1.807) is 18.2 Å². The number of rotatable bonds is 8. The number of halogens is 1. The third-order valence-electron chi connectivity index (χ3n) is 3.22. The number of hydrogen-bond donors (Lipinski definition) is 0. The second kappa shape index (κ2) is 9.56. The van der Waals surface area contributed by atoms with Crippen LogP contribution < -0.4 is 9.47 Å². The molecule has 0 bridgehead atoms. The van der Waals surface area contributed by atoms with Crippen LogP contribution in [0.1, 0.15) is 53.4 Å². The van der Waals surface area contributed by atoms with E-state index in [0.717, 1.165) is 12.8 Å². The number of esters is 2. The molecule has 0 fully saturated rings. The molecule has 0 aliphatic heterocycles. The zero-order valence-corrected chi connectivity index (χ0v) is 15.0. The van der Waals surface area contributed by atoms with Crippen molar-refractivity contribution in [1.29, 1.82) is 0 Å². The highest BCUT2D eigenvalue weighted by atomic mass is 35.5. The fourth-order valence-electron chi connectivity index (χ4n) is 1.82. The number of para-hydroxylation sites is 1. The Morgan fingerprint density at radius 3 is 2.00 bits per heavy atom. The van der Waals surface area contributed by atoms with E-state index in [0.29, 0.717) is 24.7 Å². The zero-order valence-electron chi connectivity index (χ0n) is 14.2. The smallest absolute Gasteiger partial charge is 0.311 e. The third-order valence-corrected chi connectivity index (χ3v) is 3.52. The maximum Gasteiger partial charge on any atom is 0.311 e. The Labute approximate surface area is 143 Å². The molecule has 0 aliphatic rings. The van der Waals surface area contributed by atoms with Crippen molar-refractivity contribution in [3.8, 4) is 11.5 Å². The molecule has 23 heavy (non-hydrogen) atoms. The van der Waals surface area contributed by atoms with Crippen molar-refractivity contribution in [1.82, 2.24) is 0 Å². The van der Waals surface area contributed by atoms with Gasteiger partial charge in [0, 0.05) is 12.8 Å². The van der Waals surface area contributed by atoms with Crippen LogP contribution in [0.15, 0.2) is 18.2 Å². The molecule has 0 radical (unpaired) electrons. The molecule has 0 atom stereocenters. The molecule has 0 spiro atoms. The van der Waals surface area contributed by atoms with Crippen molar-refractivity contribution in [3.63, 3.8) is 0 Å². The fraction of sp³-hybridized carbons (Fsp3) is 0.556. The van der Waals surface area contributed by atoms with Crippen molar-refractivity contribution in [3.05, 3.63) is 23.2 Å². The molecule has 0 unspecified atom stereocenters. The van der Waals surface area contributed by atoms with Crippen LogP contribution in [0.2, 0.25) is 5.02 Å². The Morgan fingerprint density at radius 1 is 0.957 bits per heavy atom. The van der Waals surface area contributed by atoms with E-state index in [1.807, 2.05) is 27.7 Å². The predicted molar refractivity (Wildman–Crippen MR) is 90.9 cm³/mol. The Hall–Kier alpha value is -1.55. The average Bonchev–Trinajstić information content (AvgIpc) is 2.46. The molecule has 128 valence electrons. The fourth-order valence-corrected chi connectivity index (χ4v) is 2.02. The molecule has 0 N–H and O–H groups in total. The van der Waals surface area contributed by atoms with Crippen molar-refractivity contribution < 1.29 is 19.1 Å². The lowest BCUT2D eigenvalue weighted by atomic mass is 10.1. The summed E-state index contributed by atoms with van der Waals surface area (Å²) in [5.41, 5.74) is 0. The summed E-state index contributed by atoms with van der Waals surface area (Å²) in [6.07, 6.45) is 2.07. The van der Waals surface area contributed by atoms with Gasteiger partial charge in [0.1, 0.15) is 0 Å². The maximum atomic E-state index is 11.9. The normalized spacial score (nSPS) is 10.9. The van der Waals surface area contributed by atoms with Gasteiger partial charge in [0.05, 0.1) is 5.02 Å². The van der Waals surface area contributed by atoms with Gasteiger partial charge in [-0.15, -0.1) is 0 Å². The van der Waals surface area contributed by atoms with Crippen LogP contribution >= 0.6 is 11.6 Å². The molecule has 0 heterocycles. The van der Waals surface area contributed by atoms with Gasteiger partial charge in [-0.2, -0.15) is 0 Å². The molecular weight excluding hydrogens is 316 g/mol. The molecule has 0 amide bonds. The van der Waals surface area contributed by atoms with Crippen LogP contribution in [0.25, 0.3) is 0 Å². The summed E-state index contributed by atoms with van der Waals surface area (Å²) in [6, 6.07) is 4.82. The summed E-state index contributed by atoms with van der Waals surface area (Å²) < 4.78 is 10.6. The minimum Gasteiger partial charge on any atom is -0.422 e. The topological polar surface area (TPSA) is 52.6 Å². The summed E-state index contributed by atoms with van der Waals surface area (Å²) in [4.78, 5) is 23.8. The maximum absolute atomic E-state index is 11.9. The largest absolute Gasteiger partial charge is 0.422 e. The minimum absolute atomic E-state index is 0.112. The first kappa shape index (κ1) is 19.5. The van der Waals surface area contributed by atoms with E-state index in [-0.39, 0.29) is 28.5 Å². The van der Waals surface area contributed by atoms with Crippen LogP contribution in [0.3, 0.4) is 0 Å². The number of carbonyl (C=O) groups excluding carboxylic acids is 2. The predicted octanol–water partition coefficient (Wildman–Crippen LogP) is 5.02.